The lowest BCUT2D eigenvalue weighted by atomic mass is 9.86. The minimum Gasteiger partial charge on any atom is -0.426 e. The van der Waals surface area contributed by atoms with Gasteiger partial charge in [-0.05, 0) is 87.1 Å². The normalized spacial score (nSPS) is 14.2. The molecule has 1 atom stereocenters. The van der Waals surface area contributed by atoms with E-state index in [9.17, 15) is 14.4 Å². The number of unbranched alkanes of at least 4 members (excludes halogenated alkanes) is 8. The molecule has 1 heterocycles. The van der Waals surface area contributed by atoms with E-state index in [0.29, 0.717) is 37.7 Å². The van der Waals surface area contributed by atoms with Crippen LogP contribution in [0.5, 0.6) is 5.75 Å². The molecule has 0 bridgehead atoms. The molecule has 2 amide bonds. The van der Waals surface area contributed by atoms with Gasteiger partial charge < -0.3 is 15.4 Å². The molecule has 7 nitrogen and oxygen atoms in total. The maximum atomic E-state index is 12.6. The van der Waals surface area contributed by atoms with E-state index in [2.05, 4.69) is 46.0 Å². The number of nitrogens with zero attached hydrogens (tertiary/aromatic N) is 1. The van der Waals surface area contributed by atoms with Crippen molar-refractivity contribution in [3.63, 3.8) is 0 Å². The lowest BCUT2D eigenvalue weighted by molar-refractivity contribution is -0.134. The number of carbonyl (C=O) groups excluding carboxylic acids is 3. The third-order valence-corrected chi connectivity index (χ3v) is 9.66. The Kier molecular flexibility index (Phi) is 17.9. The van der Waals surface area contributed by atoms with Crippen molar-refractivity contribution >= 4 is 29.1 Å². The summed E-state index contributed by atoms with van der Waals surface area (Å²) in [5.41, 5.74) is 2.45. The highest BCUT2D eigenvalue weighted by Crippen LogP contribution is 2.32. The molecule has 1 aromatic heterocycles. The molecule has 0 saturated carbocycles. The van der Waals surface area contributed by atoms with Crippen molar-refractivity contribution in [3.05, 3.63) is 51.7 Å². The van der Waals surface area contributed by atoms with Gasteiger partial charge in [-0.2, -0.15) is 0 Å². The molecule has 8 heteroatoms. The molecule has 0 unspecified atom stereocenters. The fourth-order valence-electron chi connectivity index (χ4n) is 6.29. The number of esters is 1. The zero-order valence-corrected chi connectivity index (χ0v) is 28.7. The summed E-state index contributed by atoms with van der Waals surface area (Å²) in [4.78, 5) is 40.4. The van der Waals surface area contributed by atoms with E-state index < -0.39 is 0 Å². The molecule has 1 aliphatic carbocycles. The monoisotopic (exact) mass is 639 g/mol. The fraction of sp³-hybridized carbons (Fsp3) is 0.649. The van der Waals surface area contributed by atoms with Crippen LogP contribution in [0.15, 0.2) is 35.7 Å². The van der Waals surface area contributed by atoms with E-state index >= 15 is 0 Å². The van der Waals surface area contributed by atoms with Gasteiger partial charge >= 0.3 is 5.97 Å². The van der Waals surface area contributed by atoms with Crippen molar-refractivity contribution in [2.75, 3.05) is 26.2 Å². The summed E-state index contributed by atoms with van der Waals surface area (Å²) in [5.74, 6) is 0.560. The van der Waals surface area contributed by atoms with Crippen molar-refractivity contribution in [2.45, 2.75) is 129 Å². The molecule has 0 aliphatic heterocycles. The summed E-state index contributed by atoms with van der Waals surface area (Å²) in [7, 11) is 0. The Morgan fingerprint density at radius 2 is 1.53 bits per heavy atom. The zero-order chi connectivity index (χ0) is 32.1. The number of hydrogen-bond acceptors (Lipinski definition) is 6. The number of thiophene rings is 1. The first-order valence-corrected chi connectivity index (χ1v) is 18.5. The maximum absolute atomic E-state index is 12.6. The highest BCUT2D eigenvalue weighted by Gasteiger charge is 2.26. The van der Waals surface area contributed by atoms with Gasteiger partial charge in [-0.25, -0.2) is 0 Å². The van der Waals surface area contributed by atoms with Crippen LogP contribution in [-0.4, -0.2) is 54.9 Å². The lowest BCUT2D eigenvalue weighted by Gasteiger charge is -2.35. The Labute approximate surface area is 275 Å². The topological polar surface area (TPSA) is 87.7 Å². The van der Waals surface area contributed by atoms with E-state index in [4.69, 9.17) is 4.74 Å². The second-order valence-electron chi connectivity index (χ2n) is 12.4. The molecule has 0 saturated heterocycles. The molecular weight excluding hydrogens is 582 g/mol. The van der Waals surface area contributed by atoms with E-state index in [1.54, 1.807) is 0 Å². The number of carbonyl (C=O) groups is 3. The minimum atomic E-state index is -0.293. The van der Waals surface area contributed by atoms with Gasteiger partial charge in [-0.1, -0.05) is 70.1 Å². The van der Waals surface area contributed by atoms with Crippen molar-refractivity contribution in [1.82, 2.24) is 15.5 Å². The van der Waals surface area contributed by atoms with Crippen molar-refractivity contribution in [3.8, 4) is 5.75 Å². The summed E-state index contributed by atoms with van der Waals surface area (Å²) in [6.07, 6.45) is 16.5. The number of benzene rings is 1. The Morgan fingerprint density at radius 1 is 0.844 bits per heavy atom. The van der Waals surface area contributed by atoms with Crippen LogP contribution in [0.25, 0.3) is 0 Å². The average molecular weight is 640 g/mol. The summed E-state index contributed by atoms with van der Waals surface area (Å²) in [6, 6.07) is 11.0. The van der Waals surface area contributed by atoms with Crippen LogP contribution in [0.4, 0.5) is 0 Å². The second kappa shape index (κ2) is 21.9. The Balaban J connectivity index is 1.25. The molecule has 0 radical (unpaired) electrons. The summed E-state index contributed by atoms with van der Waals surface area (Å²) in [5, 5.41) is 7.88. The number of amides is 2. The molecule has 45 heavy (non-hydrogen) atoms. The third-order valence-electron chi connectivity index (χ3n) is 8.72. The molecule has 0 fully saturated rings. The Hall–Kier alpha value is -2.71. The van der Waals surface area contributed by atoms with Crippen molar-refractivity contribution < 1.29 is 19.1 Å². The standard InChI is InChI=1S/C37H57N3O4S/c1-3-26-40(27-24-32-17-15-28-45-32)31-21-22-33-30(29-31)16-14-18-34(33)44-37(43)23-25-39-36(42)20-13-11-9-7-5-6-8-10-12-19-35(41)38-4-2/h14-18,28,31H,3-13,19-27,29H2,1-2H3,(H,38,41)(H,39,42)/t31-/m0/s1. The first-order valence-electron chi connectivity index (χ1n) is 17.6. The van der Waals surface area contributed by atoms with Crippen LogP contribution < -0.4 is 15.4 Å². The minimum absolute atomic E-state index is 0.00811. The molecule has 250 valence electrons. The quantitative estimate of drug-likeness (QED) is 0.0752. The van der Waals surface area contributed by atoms with Crippen molar-refractivity contribution in [2.24, 2.45) is 0 Å². The first kappa shape index (κ1) is 36.8. The van der Waals surface area contributed by atoms with Gasteiger partial charge in [-0.15, -0.1) is 11.3 Å². The number of nitrogens with one attached hydrogen (secondary N) is 2. The van der Waals surface area contributed by atoms with Crippen LogP contribution in [0, 0.1) is 0 Å². The molecular formula is C37H57N3O4S. The molecule has 3 rings (SSSR count). The van der Waals surface area contributed by atoms with Crippen LogP contribution in [0.3, 0.4) is 0 Å². The summed E-state index contributed by atoms with van der Waals surface area (Å²) >= 11 is 1.84. The molecule has 1 aliphatic rings. The van der Waals surface area contributed by atoms with Gasteiger partial charge in [-0.3, -0.25) is 19.3 Å². The number of hydrogen-bond donors (Lipinski definition) is 2. The largest absolute Gasteiger partial charge is 0.426 e. The van der Waals surface area contributed by atoms with E-state index in [1.807, 2.05) is 30.4 Å². The SMILES string of the molecule is CCCN(CCc1cccs1)[C@H]1CCc2c(cccc2OC(=O)CCNC(=O)CCCCCCCCCCCC(=O)NCC)C1. The summed E-state index contributed by atoms with van der Waals surface area (Å²) in [6.45, 7) is 7.41. The second-order valence-corrected chi connectivity index (χ2v) is 13.4. The van der Waals surface area contributed by atoms with Crippen molar-refractivity contribution in [1.29, 1.82) is 0 Å². The Morgan fingerprint density at radius 3 is 2.18 bits per heavy atom. The van der Waals surface area contributed by atoms with E-state index in [1.165, 1.54) is 36.1 Å². The zero-order valence-electron chi connectivity index (χ0n) is 27.9. The van der Waals surface area contributed by atoms with Crippen LogP contribution in [0.2, 0.25) is 0 Å². The molecule has 0 spiro atoms. The first-order chi connectivity index (χ1) is 22.0. The highest BCUT2D eigenvalue weighted by molar-refractivity contribution is 7.09. The lowest BCUT2D eigenvalue weighted by Crippen LogP contribution is -2.41. The predicted octanol–water partition coefficient (Wildman–Crippen LogP) is 7.40. The van der Waals surface area contributed by atoms with Crippen LogP contribution in [0.1, 0.15) is 120 Å². The number of rotatable bonds is 23. The smallest absolute Gasteiger partial charge is 0.312 e. The predicted molar refractivity (Wildman–Crippen MR) is 185 cm³/mol. The van der Waals surface area contributed by atoms with E-state index in [-0.39, 0.29) is 24.2 Å². The van der Waals surface area contributed by atoms with Gasteiger partial charge in [0, 0.05) is 43.4 Å². The number of fused-ring (bicyclic) bond motifs is 1. The van der Waals surface area contributed by atoms with Crippen LogP contribution in [-0.2, 0) is 33.6 Å². The van der Waals surface area contributed by atoms with Gasteiger partial charge in [0.1, 0.15) is 5.75 Å². The number of ether oxygens (including phenoxy) is 1. The average Bonchev–Trinajstić information content (AvgIpc) is 3.56. The maximum Gasteiger partial charge on any atom is 0.312 e. The van der Waals surface area contributed by atoms with E-state index in [0.717, 1.165) is 82.9 Å². The molecule has 2 N–H and O–H groups in total. The summed E-state index contributed by atoms with van der Waals surface area (Å²) < 4.78 is 5.80. The molecule has 2 aromatic rings. The third kappa shape index (κ3) is 14.5. The van der Waals surface area contributed by atoms with Gasteiger partial charge in [0.15, 0.2) is 0 Å². The van der Waals surface area contributed by atoms with Gasteiger partial charge in [0.05, 0.1) is 6.42 Å². The van der Waals surface area contributed by atoms with Crippen LogP contribution >= 0.6 is 11.3 Å². The Bertz CT molecular complexity index is 1140. The molecule has 1 aromatic carbocycles. The highest BCUT2D eigenvalue weighted by atomic mass is 32.1. The van der Waals surface area contributed by atoms with Gasteiger partial charge in [0.2, 0.25) is 11.8 Å². The van der Waals surface area contributed by atoms with Gasteiger partial charge in [0.25, 0.3) is 0 Å². The fourth-order valence-corrected chi connectivity index (χ4v) is 6.99.